The third-order valence-corrected chi connectivity index (χ3v) is 4.33. The Labute approximate surface area is 152 Å². The first-order valence-electron chi connectivity index (χ1n) is 8.69. The Morgan fingerprint density at radius 1 is 1.23 bits per heavy atom. The smallest absolute Gasteiger partial charge is 0.228 e. The van der Waals surface area contributed by atoms with E-state index in [1.165, 1.54) is 12.1 Å². The third kappa shape index (κ3) is 4.32. The summed E-state index contributed by atoms with van der Waals surface area (Å²) in [4.78, 5) is 14.1. The van der Waals surface area contributed by atoms with Crippen LogP contribution in [0.3, 0.4) is 0 Å². The normalized spacial score (nSPS) is 20.0. The van der Waals surface area contributed by atoms with Gasteiger partial charge in [-0.1, -0.05) is 18.2 Å². The SMILES string of the molecule is C[C@@H]1CN(c2ccc(NC(=O)Cc3ccccc3O)cc2F)C[C@H](C)O1. The third-order valence-electron chi connectivity index (χ3n) is 4.33. The molecule has 1 amide bonds. The van der Waals surface area contributed by atoms with Crippen LogP contribution in [0, 0.1) is 5.82 Å². The molecule has 0 spiro atoms. The zero-order valence-electron chi connectivity index (χ0n) is 14.9. The highest BCUT2D eigenvalue weighted by atomic mass is 19.1. The molecule has 0 aromatic heterocycles. The van der Waals surface area contributed by atoms with Crippen LogP contribution in [-0.4, -0.2) is 36.3 Å². The number of nitrogens with zero attached hydrogens (tertiary/aromatic N) is 1. The molecule has 26 heavy (non-hydrogen) atoms. The molecule has 1 aliphatic rings. The summed E-state index contributed by atoms with van der Waals surface area (Å²) in [5, 5.41) is 12.4. The van der Waals surface area contributed by atoms with Crippen LogP contribution in [0.4, 0.5) is 15.8 Å². The topological polar surface area (TPSA) is 61.8 Å². The van der Waals surface area contributed by atoms with Gasteiger partial charge in [0.1, 0.15) is 11.6 Å². The molecule has 1 aliphatic heterocycles. The minimum absolute atomic E-state index is 0.0224. The van der Waals surface area contributed by atoms with Gasteiger partial charge in [0, 0.05) is 24.3 Å². The summed E-state index contributed by atoms with van der Waals surface area (Å²) in [7, 11) is 0. The molecular formula is C20H23FN2O3. The molecule has 0 unspecified atom stereocenters. The van der Waals surface area contributed by atoms with Crippen LogP contribution in [0.15, 0.2) is 42.5 Å². The van der Waals surface area contributed by atoms with Crippen molar-refractivity contribution in [2.45, 2.75) is 32.5 Å². The molecule has 5 nitrogen and oxygen atoms in total. The van der Waals surface area contributed by atoms with Crippen LogP contribution < -0.4 is 10.2 Å². The van der Waals surface area contributed by atoms with Gasteiger partial charge in [-0.25, -0.2) is 4.39 Å². The van der Waals surface area contributed by atoms with Gasteiger partial charge < -0.3 is 20.1 Å². The number of anilines is 2. The number of amides is 1. The quantitative estimate of drug-likeness (QED) is 0.880. The van der Waals surface area contributed by atoms with Gasteiger partial charge in [0.2, 0.25) is 5.91 Å². The van der Waals surface area contributed by atoms with Gasteiger partial charge in [-0.15, -0.1) is 0 Å². The van der Waals surface area contributed by atoms with E-state index in [9.17, 15) is 14.3 Å². The molecule has 0 aliphatic carbocycles. The molecule has 6 heteroatoms. The van der Waals surface area contributed by atoms with E-state index in [4.69, 9.17) is 4.74 Å². The van der Waals surface area contributed by atoms with Gasteiger partial charge in [-0.2, -0.15) is 0 Å². The first-order valence-corrected chi connectivity index (χ1v) is 8.69. The van der Waals surface area contributed by atoms with Crippen LogP contribution in [0.5, 0.6) is 5.75 Å². The van der Waals surface area contributed by atoms with E-state index in [1.54, 1.807) is 30.3 Å². The lowest BCUT2D eigenvalue weighted by atomic mass is 10.1. The fourth-order valence-electron chi connectivity index (χ4n) is 3.25. The maximum absolute atomic E-state index is 14.6. The summed E-state index contributed by atoms with van der Waals surface area (Å²) in [6, 6.07) is 11.3. The molecule has 138 valence electrons. The van der Waals surface area contributed by atoms with Gasteiger partial charge in [0.05, 0.1) is 24.3 Å². The second-order valence-electron chi connectivity index (χ2n) is 6.68. The zero-order chi connectivity index (χ0) is 18.7. The zero-order valence-corrected chi connectivity index (χ0v) is 14.9. The number of rotatable bonds is 4. The monoisotopic (exact) mass is 358 g/mol. The number of morpholine rings is 1. The van der Waals surface area contributed by atoms with Crippen LogP contribution in [-0.2, 0) is 16.0 Å². The lowest BCUT2D eigenvalue weighted by Crippen LogP contribution is -2.45. The van der Waals surface area contributed by atoms with Gasteiger partial charge >= 0.3 is 0 Å². The second-order valence-corrected chi connectivity index (χ2v) is 6.68. The molecule has 1 heterocycles. The van der Waals surface area contributed by atoms with E-state index in [-0.39, 0.29) is 36.1 Å². The molecule has 2 aromatic rings. The molecular weight excluding hydrogens is 335 g/mol. The van der Waals surface area contributed by atoms with E-state index >= 15 is 0 Å². The van der Waals surface area contributed by atoms with E-state index in [2.05, 4.69) is 5.32 Å². The van der Waals surface area contributed by atoms with Gasteiger partial charge in [0.25, 0.3) is 0 Å². The van der Waals surface area contributed by atoms with Crippen molar-refractivity contribution < 1.29 is 19.0 Å². The number of benzene rings is 2. The Kier molecular flexibility index (Phi) is 5.42. The van der Waals surface area contributed by atoms with Crippen molar-refractivity contribution >= 4 is 17.3 Å². The first kappa shape index (κ1) is 18.2. The molecule has 3 rings (SSSR count). The van der Waals surface area contributed by atoms with Gasteiger partial charge in [0.15, 0.2) is 0 Å². The van der Waals surface area contributed by atoms with Gasteiger partial charge in [-0.3, -0.25) is 4.79 Å². The number of nitrogens with one attached hydrogen (secondary N) is 1. The number of para-hydroxylation sites is 1. The Balaban J connectivity index is 1.67. The lowest BCUT2D eigenvalue weighted by molar-refractivity contribution is -0.115. The maximum Gasteiger partial charge on any atom is 0.228 e. The fourth-order valence-corrected chi connectivity index (χ4v) is 3.25. The van der Waals surface area contributed by atoms with Crippen LogP contribution >= 0.6 is 0 Å². The van der Waals surface area contributed by atoms with Crippen molar-refractivity contribution in [2.75, 3.05) is 23.3 Å². The van der Waals surface area contributed by atoms with Crippen molar-refractivity contribution in [2.24, 2.45) is 0 Å². The Hall–Kier alpha value is -2.60. The Morgan fingerprint density at radius 3 is 2.58 bits per heavy atom. The molecule has 1 saturated heterocycles. The van der Waals surface area contributed by atoms with E-state index in [0.29, 0.717) is 30.0 Å². The van der Waals surface area contributed by atoms with E-state index in [0.717, 1.165) is 0 Å². The van der Waals surface area contributed by atoms with Crippen molar-refractivity contribution in [3.8, 4) is 5.75 Å². The van der Waals surface area contributed by atoms with E-state index < -0.39 is 0 Å². The number of aromatic hydroxyl groups is 1. The standard InChI is InChI=1S/C20H23FN2O3/c1-13-11-23(12-14(2)26-13)18-8-7-16(10-17(18)21)22-20(25)9-15-5-3-4-6-19(15)24/h3-8,10,13-14,24H,9,11-12H2,1-2H3,(H,22,25)/t13-,14+. The van der Waals surface area contributed by atoms with Crippen molar-refractivity contribution in [3.63, 3.8) is 0 Å². The van der Waals surface area contributed by atoms with Crippen LogP contribution in [0.2, 0.25) is 0 Å². The summed E-state index contributed by atoms with van der Waals surface area (Å²) >= 11 is 0. The highest BCUT2D eigenvalue weighted by Gasteiger charge is 2.24. The number of ether oxygens (including phenoxy) is 1. The number of phenols is 1. The summed E-state index contributed by atoms with van der Waals surface area (Å²) in [6.45, 7) is 5.18. The minimum atomic E-state index is -0.383. The van der Waals surface area contributed by atoms with Crippen molar-refractivity contribution in [1.29, 1.82) is 0 Å². The summed E-state index contributed by atoms with van der Waals surface area (Å²) in [6.07, 6.45) is 0.0984. The van der Waals surface area contributed by atoms with Crippen molar-refractivity contribution in [3.05, 3.63) is 53.8 Å². The molecule has 2 aromatic carbocycles. The van der Waals surface area contributed by atoms with Crippen molar-refractivity contribution in [1.82, 2.24) is 0 Å². The predicted molar refractivity (Wildman–Crippen MR) is 99.1 cm³/mol. The highest BCUT2D eigenvalue weighted by molar-refractivity contribution is 5.92. The number of carbonyl (C=O) groups is 1. The summed E-state index contributed by atoms with van der Waals surface area (Å²) < 4.78 is 20.2. The summed E-state index contributed by atoms with van der Waals surface area (Å²) in [5.74, 6) is -0.626. The molecule has 2 N–H and O–H groups in total. The Morgan fingerprint density at radius 2 is 1.92 bits per heavy atom. The maximum atomic E-state index is 14.6. The van der Waals surface area contributed by atoms with E-state index in [1.807, 2.05) is 18.7 Å². The average molecular weight is 358 g/mol. The number of carbonyl (C=O) groups excluding carboxylic acids is 1. The number of hydrogen-bond donors (Lipinski definition) is 2. The largest absolute Gasteiger partial charge is 0.508 e. The average Bonchev–Trinajstić information content (AvgIpc) is 2.56. The van der Waals surface area contributed by atoms with Crippen LogP contribution in [0.25, 0.3) is 0 Å². The molecule has 2 atom stereocenters. The first-order chi connectivity index (χ1) is 12.4. The predicted octanol–water partition coefficient (Wildman–Crippen LogP) is 3.33. The lowest BCUT2D eigenvalue weighted by Gasteiger charge is -2.37. The minimum Gasteiger partial charge on any atom is -0.508 e. The second kappa shape index (κ2) is 7.74. The van der Waals surface area contributed by atoms with Gasteiger partial charge in [-0.05, 0) is 38.1 Å². The Bertz CT molecular complexity index is 786. The molecule has 1 fully saturated rings. The van der Waals surface area contributed by atoms with Crippen LogP contribution in [0.1, 0.15) is 19.4 Å². The molecule has 0 radical (unpaired) electrons. The number of hydrogen-bond acceptors (Lipinski definition) is 4. The summed E-state index contributed by atoms with van der Waals surface area (Å²) in [5.41, 5.74) is 1.42. The molecule has 0 saturated carbocycles. The highest BCUT2D eigenvalue weighted by Crippen LogP contribution is 2.26. The number of phenolic OH excluding ortho intramolecular Hbond substituents is 1. The fraction of sp³-hybridized carbons (Fsp3) is 0.350. The molecule has 0 bridgehead atoms. The number of halogens is 1.